The molecule has 0 bridgehead atoms. The zero-order valence-electron chi connectivity index (χ0n) is 12.9. The number of hydrogen-bond acceptors (Lipinski definition) is 4. The second-order valence-corrected chi connectivity index (χ2v) is 6.06. The predicted octanol–water partition coefficient (Wildman–Crippen LogP) is 2.63. The molecule has 0 aliphatic rings. The molecule has 2 aromatic heterocycles. The lowest BCUT2D eigenvalue weighted by atomic mass is 9.86. The van der Waals surface area contributed by atoms with Crippen molar-refractivity contribution < 1.29 is 15.0 Å². The molecule has 1 amide bonds. The number of amides is 1. The Morgan fingerprint density at radius 2 is 2.04 bits per heavy atom. The van der Waals surface area contributed by atoms with Crippen LogP contribution < -0.4 is 5.32 Å². The second-order valence-electron chi connectivity index (χ2n) is 6.06. The highest BCUT2D eigenvalue weighted by Gasteiger charge is 2.25. The van der Waals surface area contributed by atoms with Crippen LogP contribution in [0.1, 0.15) is 26.0 Å². The van der Waals surface area contributed by atoms with E-state index in [0.29, 0.717) is 17.8 Å². The Kier molecular flexibility index (Phi) is 3.65. The van der Waals surface area contributed by atoms with Gasteiger partial charge < -0.3 is 10.2 Å². The van der Waals surface area contributed by atoms with Crippen molar-refractivity contribution in [3.8, 4) is 0 Å². The lowest BCUT2D eigenvalue weighted by molar-refractivity contribution is 0.209. The Hall–Kier alpha value is -2.67. The van der Waals surface area contributed by atoms with Gasteiger partial charge in [-0.1, -0.05) is 26.0 Å². The Morgan fingerprint density at radius 3 is 2.74 bits per heavy atom. The molecule has 1 aromatic carbocycles. The normalized spacial score (nSPS) is 12.0. The van der Waals surface area contributed by atoms with E-state index in [1.165, 1.54) is 0 Å². The molecule has 0 aliphatic heterocycles. The summed E-state index contributed by atoms with van der Waals surface area (Å²) in [6.45, 7) is 3.95. The minimum absolute atomic E-state index is 0.0269. The molecular formula is C16H18N4O3. The van der Waals surface area contributed by atoms with Gasteiger partial charge in [0, 0.05) is 18.2 Å². The minimum Gasteiger partial charge on any atom is -0.465 e. The van der Waals surface area contributed by atoms with Crippen LogP contribution in [0.3, 0.4) is 0 Å². The number of carboxylic acid groups (broad SMARTS) is 1. The number of anilines is 1. The van der Waals surface area contributed by atoms with Crippen molar-refractivity contribution in [1.29, 1.82) is 0 Å². The van der Waals surface area contributed by atoms with Gasteiger partial charge in [-0.25, -0.2) is 14.8 Å². The van der Waals surface area contributed by atoms with Crippen LogP contribution in [0, 0.1) is 0 Å². The Morgan fingerprint density at radius 1 is 1.30 bits per heavy atom. The molecule has 3 N–H and O–H groups in total. The van der Waals surface area contributed by atoms with E-state index >= 15 is 0 Å². The number of aromatic nitrogens is 3. The average Bonchev–Trinajstić information content (AvgIpc) is 2.86. The summed E-state index contributed by atoms with van der Waals surface area (Å²) in [5, 5.41) is 20.7. The number of carbonyl (C=O) groups is 1. The maximum atomic E-state index is 11.1. The highest BCUT2D eigenvalue weighted by Crippen LogP contribution is 2.29. The van der Waals surface area contributed by atoms with E-state index in [1.807, 2.05) is 48.7 Å². The number of nitrogens with one attached hydrogen (secondary N) is 1. The van der Waals surface area contributed by atoms with Crippen LogP contribution in [0.4, 0.5) is 10.6 Å². The summed E-state index contributed by atoms with van der Waals surface area (Å²) in [5.41, 5.74) is 2.38. The van der Waals surface area contributed by atoms with Crippen molar-refractivity contribution in [2.75, 3.05) is 11.9 Å². The number of nitrogens with zero attached hydrogens (tertiary/aromatic N) is 3. The lowest BCUT2D eigenvalue weighted by Crippen LogP contribution is -2.23. The van der Waals surface area contributed by atoms with Gasteiger partial charge in [0.05, 0.1) is 16.7 Å². The monoisotopic (exact) mass is 314 g/mol. The van der Waals surface area contributed by atoms with Gasteiger partial charge in [-0.15, -0.1) is 0 Å². The van der Waals surface area contributed by atoms with Crippen LogP contribution in [0.25, 0.3) is 16.7 Å². The van der Waals surface area contributed by atoms with E-state index in [1.54, 1.807) is 0 Å². The number of benzene rings is 1. The fourth-order valence-electron chi connectivity index (χ4n) is 2.58. The number of imidazole rings is 1. The van der Waals surface area contributed by atoms with Gasteiger partial charge in [0.1, 0.15) is 0 Å². The summed E-state index contributed by atoms with van der Waals surface area (Å²) >= 11 is 0. The van der Waals surface area contributed by atoms with Crippen molar-refractivity contribution in [2.24, 2.45) is 0 Å². The summed E-state index contributed by atoms with van der Waals surface area (Å²) < 4.78 is 1.84. The van der Waals surface area contributed by atoms with Crippen LogP contribution in [0.2, 0.25) is 0 Å². The third-order valence-corrected chi connectivity index (χ3v) is 3.95. The zero-order chi connectivity index (χ0) is 16.6. The first kappa shape index (κ1) is 15.2. The molecule has 0 radical (unpaired) electrons. The summed E-state index contributed by atoms with van der Waals surface area (Å²) in [7, 11) is 0. The summed E-state index contributed by atoms with van der Waals surface area (Å²) in [6, 6.07) is 7.57. The SMILES string of the molecule is CC(C)(CCO)c1cn2c(nc3ccccc32)c(NC(=O)O)n1. The quantitative estimate of drug-likeness (QED) is 0.687. The maximum absolute atomic E-state index is 11.1. The fourth-order valence-corrected chi connectivity index (χ4v) is 2.58. The van der Waals surface area contributed by atoms with E-state index in [2.05, 4.69) is 15.3 Å². The third-order valence-electron chi connectivity index (χ3n) is 3.95. The van der Waals surface area contributed by atoms with Crippen LogP contribution in [0.15, 0.2) is 30.5 Å². The zero-order valence-corrected chi connectivity index (χ0v) is 12.9. The summed E-state index contributed by atoms with van der Waals surface area (Å²) in [4.78, 5) is 20.0. The minimum atomic E-state index is -1.19. The Balaban J connectivity index is 2.31. The van der Waals surface area contributed by atoms with Gasteiger partial charge in [-0.3, -0.25) is 9.72 Å². The molecule has 2 heterocycles. The van der Waals surface area contributed by atoms with Crippen LogP contribution in [0.5, 0.6) is 0 Å². The first-order chi connectivity index (χ1) is 10.9. The predicted molar refractivity (Wildman–Crippen MR) is 86.9 cm³/mol. The highest BCUT2D eigenvalue weighted by molar-refractivity contribution is 5.90. The largest absolute Gasteiger partial charge is 0.465 e. The molecular weight excluding hydrogens is 296 g/mol. The van der Waals surface area contributed by atoms with Gasteiger partial charge in [-0.2, -0.15) is 0 Å². The van der Waals surface area contributed by atoms with E-state index in [0.717, 1.165) is 11.0 Å². The molecule has 0 atom stereocenters. The molecule has 0 saturated carbocycles. The van der Waals surface area contributed by atoms with E-state index in [-0.39, 0.29) is 12.4 Å². The molecule has 0 saturated heterocycles. The third kappa shape index (κ3) is 2.70. The van der Waals surface area contributed by atoms with E-state index < -0.39 is 11.5 Å². The number of aliphatic hydroxyl groups excluding tert-OH is 1. The Labute approximate surface area is 132 Å². The van der Waals surface area contributed by atoms with Crippen molar-refractivity contribution in [3.05, 3.63) is 36.2 Å². The molecule has 120 valence electrons. The van der Waals surface area contributed by atoms with Crippen molar-refractivity contribution in [3.63, 3.8) is 0 Å². The molecule has 0 unspecified atom stereocenters. The Bertz CT molecular complexity index is 886. The topological polar surface area (TPSA) is 99.8 Å². The molecule has 7 nitrogen and oxygen atoms in total. The van der Waals surface area contributed by atoms with Gasteiger partial charge in [0.15, 0.2) is 11.5 Å². The van der Waals surface area contributed by atoms with Crippen molar-refractivity contribution in [1.82, 2.24) is 14.4 Å². The number of para-hydroxylation sites is 2. The van der Waals surface area contributed by atoms with E-state index in [9.17, 15) is 9.90 Å². The smallest absolute Gasteiger partial charge is 0.410 e. The van der Waals surface area contributed by atoms with Crippen LogP contribution >= 0.6 is 0 Å². The standard InChI is InChI=1S/C16H18N4O3/c1-16(2,7-8-21)12-9-20-11-6-4-3-5-10(11)17-14(20)13(18-12)19-15(22)23/h3-6,9,21H,7-8H2,1-2H3,(H,18,19)(H,22,23). The molecule has 0 spiro atoms. The molecule has 0 fully saturated rings. The molecule has 23 heavy (non-hydrogen) atoms. The van der Waals surface area contributed by atoms with Crippen molar-refractivity contribution >= 4 is 28.6 Å². The van der Waals surface area contributed by atoms with Gasteiger partial charge in [-0.05, 0) is 18.6 Å². The lowest BCUT2D eigenvalue weighted by Gasteiger charge is -2.23. The van der Waals surface area contributed by atoms with E-state index in [4.69, 9.17) is 5.11 Å². The van der Waals surface area contributed by atoms with Crippen molar-refractivity contribution in [2.45, 2.75) is 25.7 Å². The van der Waals surface area contributed by atoms with Crippen LogP contribution in [-0.4, -0.2) is 37.3 Å². The van der Waals surface area contributed by atoms with Gasteiger partial charge in [0.25, 0.3) is 0 Å². The van der Waals surface area contributed by atoms with Crippen LogP contribution in [-0.2, 0) is 5.41 Å². The van der Waals surface area contributed by atoms with Gasteiger partial charge in [0.2, 0.25) is 0 Å². The number of hydrogen-bond donors (Lipinski definition) is 3. The first-order valence-corrected chi connectivity index (χ1v) is 7.31. The maximum Gasteiger partial charge on any atom is 0.410 e. The van der Waals surface area contributed by atoms with Gasteiger partial charge >= 0.3 is 6.09 Å². The summed E-state index contributed by atoms with van der Waals surface area (Å²) in [6.07, 6.45) is 1.18. The molecule has 3 aromatic rings. The second kappa shape index (κ2) is 5.51. The molecule has 7 heteroatoms. The highest BCUT2D eigenvalue weighted by atomic mass is 16.4. The number of aliphatic hydroxyl groups is 1. The fraction of sp³-hybridized carbons (Fsp3) is 0.312. The first-order valence-electron chi connectivity index (χ1n) is 7.31. The summed E-state index contributed by atoms with van der Waals surface area (Å²) in [5.74, 6) is 0.192. The molecule has 0 aliphatic carbocycles. The average molecular weight is 314 g/mol. The molecule has 3 rings (SSSR count). The number of rotatable bonds is 4. The number of fused-ring (bicyclic) bond motifs is 3.